The number of nitrogens with two attached hydrogens (primary N) is 1. The highest BCUT2D eigenvalue weighted by Crippen LogP contribution is 2.30. The SMILES string of the molecule is NCCC(C(=O)Nc1ccc2[nH]nc(NC(=O)c3ccc(Cl)cc3)c2c1)c1ccc(Cl)c(Cl)c1. The minimum atomic E-state index is -0.510. The highest BCUT2D eigenvalue weighted by atomic mass is 35.5. The molecule has 1 unspecified atom stereocenters. The monoisotopic (exact) mass is 515 g/mol. The normalized spacial score (nSPS) is 11.9. The summed E-state index contributed by atoms with van der Waals surface area (Å²) >= 11 is 18.0. The van der Waals surface area contributed by atoms with Crippen molar-refractivity contribution in [1.82, 2.24) is 10.2 Å². The van der Waals surface area contributed by atoms with Gasteiger partial charge in [-0.3, -0.25) is 14.7 Å². The number of nitrogens with one attached hydrogen (secondary N) is 3. The Hall–Kier alpha value is -3.10. The van der Waals surface area contributed by atoms with Gasteiger partial charge in [-0.1, -0.05) is 40.9 Å². The second kappa shape index (κ2) is 10.4. The number of aromatic amines is 1. The van der Waals surface area contributed by atoms with Crippen molar-refractivity contribution >= 4 is 69.0 Å². The second-order valence-corrected chi connectivity index (χ2v) is 8.84. The Morgan fingerprint density at radius 3 is 2.41 bits per heavy atom. The lowest BCUT2D eigenvalue weighted by Gasteiger charge is -2.17. The standard InChI is InChI=1S/C24H20Cl3N5O2/c25-15-4-1-13(2-5-15)23(33)30-22-18-12-16(6-8-21(18)31-32-22)29-24(34)17(9-10-28)14-3-7-19(26)20(27)11-14/h1-8,11-12,17H,9-10,28H2,(H,29,34)(H2,30,31,32,33). The van der Waals surface area contributed by atoms with Crippen LogP contribution < -0.4 is 16.4 Å². The molecule has 7 nitrogen and oxygen atoms in total. The maximum Gasteiger partial charge on any atom is 0.256 e. The Morgan fingerprint density at radius 1 is 0.941 bits per heavy atom. The predicted octanol–water partition coefficient (Wildman–Crippen LogP) is 5.85. The summed E-state index contributed by atoms with van der Waals surface area (Å²) in [5.41, 5.74) is 8.16. The molecular weight excluding hydrogens is 497 g/mol. The van der Waals surface area contributed by atoms with Crippen molar-refractivity contribution < 1.29 is 9.59 Å². The topological polar surface area (TPSA) is 113 Å². The van der Waals surface area contributed by atoms with Gasteiger partial charge in [-0.2, -0.15) is 5.10 Å². The first-order chi connectivity index (χ1) is 16.4. The van der Waals surface area contributed by atoms with Crippen molar-refractivity contribution in [3.05, 3.63) is 86.9 Å². The van der Waals surface area contributed by atoms with Crippen LogP contribution in [0.15, 0.2) is 60.7 Å². The summed E-state index contributed by atoms with van der Waals surface area (Å²) in [6.45, 7) is 0.319. The van der Waals surface area contributed by atoms with Crippen molar-refractivity contribution in [2.24, 2.45) is 5.73 Å². The lowest BCUT2D eigenvalue weighted by molar-refractivity contribution is -0.117. The number of rotatable bonds is 7. The third-order valence-corrected chi connectivity index (χ3v) is 6.28. The van der Waals surface area contributed by atoms with Gasteiger partial charge in [0.1, 0.15) is 0 Å². The van der Waals surface area contributed by atoms with Gasteiger partial charge in [0.15, 0.2) is 5.82 Å². The molecule has 2 amide bonds. The van der Waals surface area contributed by atoms with Crippen molar-refractivity contribution in [3.63, 3.8) is 0 Å². The molecule has 0 radical (unpaired) electrons. The van der Waals surface area contributed by atoms with Crippen molar-refractivity contribution in [1.29, 1.82) is 0 Å². The number of anilines is 2. The van der Waals surface area contributed by atoms with Crippen LogP contribution in [-0.2, 0) is 4.79 Å². The number of carbonyl (C=O) groups is 2. The number of H-pyrrole nitrogens is 1. The fourth-order valence-electron chi connectivity index (χ4n) is 3.54. The fraction of sp³-hybridized carbons (Fsp3) is 0.125. The first kappa shape index (κ1) is 24.0. The Bertz CT molecular complexity index is 1350. The number of hydrogen-bond acceptors (Lipinski definition) is 4. The number of halogens is 3. The Morgan fingerprint density at radius 2 is 1.71 bits per heavy atom. The average Bonchev–Trinajstić information content (AvgIpc) is 3.21. The van der Waals surface area contributed by atoms with Gasteiger partial charge < -0.3 is 16.4 Å². The molecule has 1 heterocycles. The van der Waals surface area contributed by atoms with Crippen molar-refractivity contribution in [2.45, 2.75) is 12.3 Å². The van der Waals surface area contributed by atoms with Gasteiger partial charge in [0.2, 0.25) is 5.91 Å². The summed E-state index contributed by atoms with van der Waals surface area (Å²) in [6.07, 6.45) is 0.431. The number of aromatic nitrogens is 2. The van der Waals surface area contributed by atoms with Crippen molar-refractivity contribution in [3.8, 4) is 0 Å². The number of benzene rings is 3. The van der Waals surface area contributed by atoms with E-state index in [9.17, 15) is 9.59 Å². The van der Waals surface area contributed by atoms with Crippen LogP contribution in [0.2, 0.25) is 15.1 Å². The second-order valence-electron chi connectivity index (χ2n) is 7.59. The zero-order valence-corrected chi connectivity index (χ0v) is 20.0. The van der Waals surface area contributed by atoms with Crippen LogP contribution in [0, 0.1) is 0 Å². The van der Waals surface area contributed by atoms with Crippen LogP contribution >= 0.6 is 34.8 Å². The summed E-state index contributed by atoms with van der Waals surface area (Å²) < 4.78 is 0. The number of hydrogen-bond donors (Lipinski definition) is 4. The highest BCUT2D eigenvalue weighted by molar-refractivity contribution is 6.42. The number of nitrogens with zero attached hydrogens (tertiary/aromatic N) is 1. The molecule has 1 atom stereocenters. The fourth-order valence-corrected chi connectivity index (χ4v) is 3.97. The van der Waals surface area contributed by atoms with Gasteiger partial charge in [0, 0.05) is 21.7 Å². The molecule has 1 aromatic heterocycles. The maximum atomic E-state index is 13.1. The smallest absolute Gasteiger partial charge is 0.256 e. The van der Waals surface area contributed by atoms with Crippen LogP contribution in [0.4, 0.5) is 11.5 Å². The molecule has 0 aliphatic heterocycles. The molecule has 5 N–H and O–H groups in total. The van der Waals surface area contributed by atoms with Crippen molar-refractivity contribution in [2.75, 3.05) is 17.2 Å². The largest absolute Gasteiger partial charge is 0.330 e. The van der Waals surface area contributed by atoms with Gasteiger partial charge in [-0.25, -0.2) is 0 Å². The highest BCUT2D eigenvalue weighted by Gasteiger charge is 2.21. The summed E-state index contributed by atoms with van der Waals surface area (Å²) in [5.74, 6) is -0.738. The maximum absolute atomic E-state index is 13.1. The zero-order valence-electron chi connectivity index (χ0n) is 17.7. The van der Waals surface area contributed by atoms with Gasteiger partial charge >= 0.3 is 0 Å². The van der Waals surface area contributed by atoms with Crippen LogP contribution in [0.3, 0.4) is 0 Å². The molecule has 4 rings (SSSR count). The molecule has 0 saturated carbocycles. The van der Waals surface area contributed by atoms with E-state index in [4.69, 9.17) is 40.5 Å². The first-order valence-corrected chi connectivity index (χ1v) is 11.5. The summed E-state index contributed by atoms with van der Waals surface area (Å²) in [5, 5.41) is 14.7. The van der Waals surface area contributed by atoms with E-state index >= 15 is 0 Å². The molecule has 10 heteroatoms. The molecule has 0 fully saturated rings. The first-order valence-electron chi connectivity index (χ1n) is 10.4. The molecule has 4 aromatic rings. The van der Waals surface area contributed by atoms with Gasteiger partial charge in [-0.05, 0) is 73.1 Å². The average molecular weight is 517 g/mol. The Labute approximate surface area is 210 Å². The predicted molar refractivity (Wildman–Crippen MR) is 137 cm³/mol. The lowest BCUT2D eigenvalue weighted by atomic mass is 9.94. The molecule has 0 saturated heterocycles. The van der Waals surface area contributed by atoms with E-state index in [-0.39, 0.29) is 11.8 Å². The molecule has 34 heavy (non-hydrogen) atoms. The van der Waals surface area contributed by atoms with E-state index in [1.165, 1.54) is 0 Å². The minimum Gasteiger partial charge on any atom is -0.330 e. The third-order valence-electron chi connectivity index (χ3n) is 5.29. The molecular formula is C24H20Cl3N5O2. The molecule has 0 bridgehead atoms. The zero-order chi connectivity index (χ0) is 24.2. The van der Waals surface area contributed by atoms with Gasteiger partial charge in [0.05, 0.1) is 21.5 Å². The molecule has 3 aromatic carbocycles. The Balaban J connectivity index is 1.55. The van der Waals surface area contributed by atoms with Crippen LogP contribution in [0.25, 0.3) is 10.9 Å². The van der Waals surface area contributed by atoms with E-state index in [0.717, 1.165) is 5.56 Å². The quantitative estimate of drug-likeness (QED) is 0.247. The summed E-state index contributed by atoms with van der Waals surface area (Å²) in [7, 11) is 0. The number of amides is 2. The molecule has 0 spiro atoms. The number of carbonyl (C=O) groups excluding carboxylic acids is 2. The number of fused-ring (bicyclic) bond motifs is 1. The van der Waals surface area contributed by atoms with Crippen LogP contribution in [0.1, 0.15) is 28.3 Å². The molecule has 174 valence electrons. The lowest BCUT2D eigenvalue weighted by Crippen LogP contribution is -2.23. The summed E-state index contributed by atoms with van der Waals surface area (Å²) in [6, 6.07) is 16.9. The minimum absolute atomic E-state index is 0.238. The van der Waals surface area contributed by atoms with E-state index < -0.39 is 5.92 Å². The summed E-state index contributed by atoms with van der Waals surface area (Å²) in [4.78, 5) is 25.7. The van der Waals surface area contributed by atoms with Crippen LogP contribution in [-0.4, -0.2) is 28.6 Å². The third kappa shape index (κ3) is 5.34. The van der Waals surface area contributed by atoms with E-state index in [2.05, 4.69) is 20.8 Å². The van der Waals surface area contributed by atoms with Gasteiger partial charge in [0.25, 0.3) is 5.91 Å². The van der Waals surface area contributed by atoms with E-state index in [1.54, 1.807) is 60.7 Å². The molecule has 0 aliphatic rings. The Kier molecular flexibility index (Phi) is 7.38. The van der Waals surface area contributed by atoms with E-state index in [1.807, 2.05) is 0 Å². The van der Waals surface area contributed by atoms with E-state index in [0.29, 0.717) is 56.0 Å². The van der Waals surface area contributed by atoms with Crippen LogP contribution in [0.5, 0.6) is 0 Å². The van der Waals surface area contributed by atoms with Gasteiger partial charge in [-0.15, -0.1) is 0 Å². The molecule has 0 aliphatic carbocycles.